The zero-order chi connectivity index (χ0) is 21.8. The monoisotopic (exact) mass is 423 g/mol. The molecular weight excluding hydrogens is 403 g/mol. The van der Waals surface area contributed by atoms with Gasteiger partial charge >= 0.3 is 6.18 Å². The summed E-state index contributed by atoms with van der Waals surface area (Å²) in [5.74, 6) is 0.182. The SMILES string of the molecule is N#Cc1ccccc1Nc1nc(Nc2ccc(C3CCCC3)cc2)ncc1C(F)(F)F. The number of nitriles is 1. The Morgan fingerprint density at radius 2 is 1.68 bits per heavy atom. The molecule has 158 valence electrons. The minimum Gasteiger partial charge on any atom is -0.338 e. The van der Waals surface area contributed by atoms with E-state index in [0.717, 1.165) is 6.20 Å². The minimum atomic E-state index is -4.65. The molecule has 5 nitrogen and oxygen atoms in total. The van der Waals surface area contributed by atoms with Crippen molar-refractivity contribution in [2.75, 3.05) is 10.6 Å². The second-order valence-corrected chi connectivity index (χ2v) is 7.46. The first-order chi connectivity index (χ1) is 14.9. The van der Waals surface area contributed by atoms with E-state index in [1.165, 1.54) is 43.4 Å². The summed E-state index contributed by atoms with van der Waals surface area (Å²) >= 11 is 0. The molecular formula is C23H20F3N5. The first kappa shape index (κ1) is 20.7. The minimum absolute atomic E-state index is 0.0264. The third kappa shape index (κ3) is 4.77. The maximum Gasteiger partial charge on any atom is 0.421 e. The summed E-state index contributed by atoms with van der Waals surface area (Å²) in [6, 6.07) is 16.1. The van der Waals surface area contributed by atoms with Gasteiger partial charge in [-0.1, -0.05) is 37.1 Å². The van der Waals surface area contributed by atoms with Crippen LogP contribution < -0.4 is 10.6 Å². The van der Waals surface area contributed by atoms with E-state index in [1.807, 2.05) is 30.3 Å². The van der Waals surface area contributed by atoms with E-state index < -0.39 is 17.6 Å². The summed E-state index contributed by atoms with van der Waals surface area (Å²) in [5, 5.41) is 14.8. The largest absolute Gasteiger partial charge is 0.421 e. The molecule has 0 atom stereocenters. The Kier molecular flexibility index (Phi) is 5.76. The van der Waals surface area contributed by atoms with Crippen LogP contribution >= 0.6 is 0 Å². The highest BCUT2D eigenvalue weighted by Crippen LogP contribution is 2.36. The van der Waals surface area contributed by atoms with Crippen LogP contribution in [-0.4, -0.2) is 9.97 Å². The van der Waals surface area contributed by atoms with Crippen molar-refractivity contribution < 1.29 is 13.2 Å². The van der Waals surface area contributed by atoms with Gasteiger partial charge in [0.2, 0.25) is 5.95 Å². The van der Waals surface area contributed by atoms with Crippen LogP contribution in [0, 0.1) is 11.3 Å². The number of aromatic nitrogens is 2. The highest BCUT2D eigenvalue weighted by Gasteiger charge is 2.35. The second kappa shape index (κ2) is 8.64. The molecule has 0 bridgehead atoms. The second-order valence-electron chi connectivity index (χ2n) is 7.46. The first-order valence-corrected chi connectivity index (χ1v) is 10.0. The van der Waals surface area contributed by atoms with Gasteiger partial charge in [-0.3, -0.25) is 0 Å². The van der Waals surface area contributed by atoms with E-state index in [-0.39, 0.29) is 17.2 Å². The van der Waals surface area contributed by atoms with Gasteiger partial charge in [0, 0.05) is 11.9 Å². The Labute approximate surface area is 178 Å². The van der Waals surface area contributed by atoms with Gasteiger partial charge in [0.05, 0.1) is 11.3 Å². The normalized spacial score (nSPS) is 14.3. The molecule has 0 spiro atoms. The van der Waals surface area contributed by atoms with Gasteiger partial charge in [-0.25, -0.2) is 4.98 Å². The van der Waals surface area contributed by atoms with Gasteiger partial charge in [-0.15, -0.1) is 0 Å². The number of alkyl halides is 3. The number of hydrogen-bond acceptors (Lipinski definition) is 5. The Bertz CT molecular complexity index is 1100. The van der Waals surface area contributed by atoms with Gasteiger partial charge in [0.15, 0.2) is 0 Å². The highest BCUT2D eigenvalue weighted by atomic mass is 19.4. The molecule has 1 aliphatic carbocycles. The lowest BCUT2D eigenvalue weighted by Gasteiger charge is -2.16. The van der Waals surface area contributed by atoms with Crippen LogP contribution in [0.3, 0.4) is 0 Å². The summed E-state index contributed by atoms with van der Waals surface area (Å²) in [6.07, 6.45) is 0.955. The number of rotatable bonds is 5. The molecule has 2 N–H and O–H groups in total. The van der Waals surface area contributed by atoms with E-state index >= 15 is 0 Å². The third-order valence-corrected chi connectivity index (χ3v) is 5.39. The van der Waals surface area contributed by atoms with Crippen molar-refractivity contribution in [2.45, 2.75) is 37.8 Å². The van der Waals surface area contributed by atoms with Crippen LogP contribution in [-0.2, 0) is 6.18 Å². The molecule has 1 aliphatic rings. The van der Waals surface area contributed by atoms with Crippen LogP contribution in [0.1, 0.15) is 48.3 Å². The van der Waals surface area contributed by atoms with Gasteiger partial charge < -0.3 is 10.6 Å². The molecule has 8 heteroatoms. The molecule has 0 unspecified atom stereocenters. The van der Waals surface area contributed by atoms with Gasteiger partial charge in [-0.05, 0) is 48.6 Å². The Morgan fingerprint density at radius 3 is 2.35 bits per heavy atom. The van der Waals surface area contributed by atoms with E-state index in [0.29, 0.717) is 11.6 Å². The molecule has 1 fully saturated rings. The molecule has 0 aliphatic heterocycles. The summed E-state index contributed by atoms with van der Waals surface area (Å²) in [6.45, 7) is 0. The zero-order valence-corrected chi connectivity index (χ0v) is 16.6. The summed E-state index contributed by atoms with van der Waals surface area (Å²) in [7, 11) is 0. The van der Waals surface area contributed by atoms with E-state index in [2.05, 4.69) is 20.6 Å². The predicted octanol–water partition coefficient (Wildman–Crippen LogP) is 6.51. The lowest BCUT2D eigenvalue weighted by atomic mass is 9.98. The Morgan fingerprint density at radius 1 is 0.968 bits per heavy atom. The van der Waals surface area contributed by atoms with Crippen molar-refractivity contribution in [1.29, 1.82) is 5.26 Å². The summed E-state index contributed by atoms with van der Waals surface area (Å²) in [4.78, 5) is 7.88. The average Bonchev–Trinajstić information content (AvgIpc) is 3.29. The maximum atomic E-state index is 13.5. The van der Waals surface area contributed by atoms with Gasteiger partial charge in [-0.2, -0.15) is 23.4 Å². The number of hydrogen-bond donors (Lipinski definition) is 2. The fourth-order valence-corrected chi connectivity index (χ4v) is 3.79. The molecule has 2 aromatic carbocycles. The topological polar surface area (TPSA) is 73.6 Å². The fourth-order valence-electron chi connectivity index (χ4n) is 3.79. The van der Waals surface area contributed by atoms with E-state index in [9.17, 15) is 18.4 Å². The smallest absolute Gasteiger partial charge is 0.338 e. The Hall–Kier alpha value is -3.60. The highest BCUT2D eigenvalue weighted by molar-refractivity contribution is 5.67. The van der Waals surface area contributed by atoms with Crippen molar-refractivity contribution in [3.05, 3.63) is 71.4 Å². The van der Waals surface area contributed by atoms with Crippen LogP contribution in [0.15, 0.2) is 54.7 Å². The summed E-state index contributed by atoms with van der Waals surface area (Å²) in [5.41, 5.74) is 1.39. The summed E-state index contributed by atoms with van der Waals surface area (Å²) < 4.78 is 40.4. The third-order valence-electron chi connectivity index (χ3n) is 5.39. The standard InChI is InChI=1S/C23H20F3N5/c24-23(25,26)19-14-28-22(31-21(19)30-20-8-4-3-7-17(20)13-27)29-18-11-9-16(10-12-18)15-5-1-2-6-15/h3-4,7-12,14-15H,1-2,5-6H2,(H2,28,29,30,31). The first-order valence-electron chi connectivity index (χ1n) is 10.0. The molecule has 31 heavy (non-hydrogen) atoms. The van der Waals surface area contributed by atoms with Crippen LogP contribution in [0.5, 0.6) is 0 Å². The molecule has 3 aromatic rings. The number of anilines is 4. The van der Waals surface area contributed by atoms with Crippen LogP contribution in [0.4, 0.5) is 36.3 Å². The van der Waals surface area contributed by atoms with Gasteiger partial charge in [0.25, 0.3) is 0 Å². The van der Waals surface area contributed by atoms with E-state index in [4.69, 9.17) is 0 Å². The van der Waals surface area contributed by atoms with Crippen molar-refractivity contribution in [3.8, 4) is 6.07 Å². The number of nitrogens with one attached hydrogen (secondary N) is 2. The van der Waals surface area contributed by atoms with Crippen molar-refractivity contribution in [2.24, 2.45) is 0 Å². The number of para-hydroxylation sites is 1. The molecule has 1 aromatic heterocycles. The van der Waals surface area contributed by atoms with E-state index in [1.54, 1.807) is 12.1 Å². The van der Waals surface area contributed by atoms with Crippen LogP contribution in [0.25, 0.3) is 0 Å². The number of benzene rings is 2. The predicted molar refractivity (Wildman–Crippen MR) is 112 cm³/mol. The van der Waals surface area contributed by atoms with Crippen molar-refractivity contribution in [1.82, 2.24) is 9.97 Å². The molecule has 0 amide bonds. The quantitative estimate of drug-likeness (QED) is 0.489. The maximum absolute atomic E-state index is 13.5. The number of nitrogens with zero attached hydrogens (tertiary/aromatic N) is 3. The molecule has 1 saturated carbocycles. The fraction of sp³-hybridized carbons (Fsp3) is 0.261. The molecule has 0 saturated heterocycles. The average molecular weight is 423 g/mol. The lowest BCUT2D eigenvalue weighted by Crippen LogP contribution is -2.13. The molecule has 0 radical (unpaired) electrons. The van der Waals surface area contributed by atoms with Crippen LogP contribution in [0.2, 0.25) is 0 Å². The lowest BCUT2D eigenvalue weighted by molar-refractivity contribution is -0.137. The number of halogens is 3. The molecule has 1 heterocycles. The molecule has 4 rings (SSSR count). The van der Waals surface area contributed by atoms with Gasteiger partial charge in [0.1, 0.15) is 17.5 Å². The van der Waals surface area contributed by atoms with Crippen molar-refractivity contribution >= 4 is 23.1 Å². The zero-order valence-electron chi connectivity index (χ0n) is 16.6. The Balaban J connectivity index is 1.60. The van der Waals surface area contributed by atoms with Crippen molar-refractivity contribution in [3.63, 3.8) is 0 Å².